The molecule has 56 heavy (non-hydrogen) atoms. The molecular weight excluding hydrogens is 714 g/mol. The topological polar surface area (TPSA) is 148 Å². The Morgan fingerprint density at radius 3 is 2.11 bits per heavy atom. The molecule has 2 aliphatic heterocycles. The Bertz CT molecular complexity index is 2170. The molecule has 13 heteroatoms. The quantitative estimate of drug-likeness (QED) is 0.128. The van der Waals surface area contributed by atoms with Crippen LogP contribution in [0.4, 0.5) is 5.82 Å². The molecule has 1 amide bonds. The molecule has 2 aromatic heterocycles. The maximum atomic E-state index is 13.1. The van der Waals surface area contributed by atoms with Crippen molar-refractivity contribution in [2.45, 2.75) is 55.7 Å². The molecule has 8 rings (SSSR count). The zero-order valence-corrected chi connectivity index (χ0v) is 31.1. The predicted molar refractivity (Wildman–Crippen MR) is 206 cm³/mol. The normalized spacial score (nSPS) is 21.2. The molecule has 2 fully saturated rings. The number of amides is 1. The van der Waals surface area contributed by atoms with Gasteiger partial charge < -0.3 is 38.8 Å². The van der Waals surface area contributed by atoms with Gasteiger partial charge in [0.25, 0.3) is 5.91 Å². The number of rotatable bonds is 13. The molecule has 0 saturated carbocycles. The van der Waals surface area contributed by atoms with E-state index in [-0.39, 0.29) is 18.3 Å². The van der Waals surface area contributed by atoms with Crippen molar-refractivity contribution in [3.63, 3.8) is 0 Å². The van der Waals surface area contributed by atoms with Crippen LogP contribution >= 0.6 is 0 Å². The zero-order chi connectivity index (χ0) is 38.5. The number of anilines is 1. The second kappa shape index (κ2) is 16.6. The van der Waals surface area contributed by atoms with Crippen LogP contribution in [0.25, 0.3) is 11.2 Å². The third-order valence-corrected chi connectivity index (χ3v) is 10.3. The van der Waals surface area contributed by atoms with E-state index in [1.54, 1.807) is 49.4 Å². The van der Waals surface area contributed by atoms with E-state index in [1.165, 1.54) is 6.33 Å². The van der Waals surface area contributed by atoms with Crippen molar-refractivity contribution in [1.29, 1.82) is 0 Å². The lowest BCUT2D eigenvalue weighted by Crippen LogP contribution is -2.42. The first kappa shape index (κ1) is 37.2. The van der Waals surface area contributed by atoms with E-state index in [0.717, 1.165) is 29.5 Å². The van der Waals surface area contributed by atoms with E-state index in [9.17, 15) is 9.90 Å². The number of aliphatic hydroxyl groups is 1. The summed E-state index contributed by atoms with van der Waals surface area (Å²) in [4.78, 5) is 26.5. The van der Waals surface area contributed by atoms with Gasteiger partial charge in [-0.25, -0.2) is 15.0 Å². The second-order valence-corrected chi connectivity index (χ2v) is 13.6. The molecule has 288 valence electrons. The third kappa shape index (κ3) is 7.34. The number of carbonyl (C=O) groups is 1. The van der Waals surface area contributed by atoms with Crippen LogP contribution in [0.3, 0.4) is 0 Å². The Kier molecular flexibility index (Phi) is 11.0. The number of imidazole rings is 1. The van der Waals surface area contributed by atoms with Gasteiger partial charge in [-0.2, -0.15) is 0 Å². The Labute approximate surface area is 324 Å². The summed E-state index contributed by atoms with van der Waals surface area (Å²) in [5, 5.41) is 15.0. The van der Waals surface area contributed by atoms with Crippen LogP contribution in [0.5, 0.6) is 11.5 Å². The summed E-state index contributed by atoms with van der Waals surface area (Å²) in [6, 6.07) is 34.2. The lowest BCUT2D eigenvalue weighted by atomic mass is 9.80. The average molecular weight is 758 g/mol. The Hall–Kier alpha value is -5.70. The van der Waals surface area contributed by atoms with E-state index >= 15 is 0 Å². The molecule has 0 spiro atoms. The van der Waals surface area contributed by atoms with Gasteiger partial charge in [-0.15, -0.1) is 0 Å². The molecule has 4 heterocycles. The number of nitrogens with one attached hydrogen (secondary N) is 1. The molecule has 2 saturated heterocycles. The van der Waals surface area contributed by atoms with Crippen LogP contribution in [0, 0.1) is 0 Å². The van der Waals surface area contributed by atoms with Gasteiger partial charge in [-0.05, 0) is 72.4 Å². The summed E-state index contributed by atoms with van der Waals surface area (Å²) < 4.78 is 39.1. The molecule has 4 aromatic carbocycles. The Morgan fingerprint density at radius 1 is 0.839 bits per heavy atom. The van der Waals surface area contributed by atoms with Crippen molar-refractivity contribution in [2.75, 3.05) is 32.8 Å². The first-order chi connectivity index (χ1) is 27.5. The van der Waals surface area contributed by atoms with Crippen molar-refractivity contribution >= 4 is 22.9 Å². The highest BCUT2D eigenvalue weighted by Gasteiger charge is 2.49. The number of fused-ring (bicyclic) bond motifs is 1. The molecule has 2 N–H and O–H groups in total. The summed E-state index contributed by atoms with van der Waals surface area (Å²) in [6.07, 6.45) is 1.09. The molecule has 5 atom stereocenters. The highest BCUT2D eigenvalue weighted by molar-refractivity contribution is 6.06. The minimum Gasteiger partial charge on any atom is -0.497 e. The van der Waals surface area contributed by atoms with E-state index in [1.807, 2.05) is 84.9 Å². The fourth-order valence-electron chi connectivity index (χ4n) is 7.40. The molecule has 2 aliphatic rings. The maximum Gasteiger partial charge on any atom is 0.256 e. The molecule has 5 unspecified atom stereocenters. The lowest BCUT2D eigenvalue weighted by molar-refractivity contribution is -0.215. The number of benzene rings is 4. The number of aliphatic hydroxyl groups excluding tert-OH is 1. The number of aromatic nitrogens is 4. The summed E-state index contributed by atoms with van der Waals surface area (Å²) in [5.74, 6) is 1.30. The van der Waals surface area contributed by atoms with Crippen LogP contribution in [-0.4, -0.2) is 82.6 Å². The maximum absolute atomic E-state index is 13.1. The van der Waals surface area contributed by atoms with Crippen molar-refractivity contribution in [1.82, 2.24) is 19.5 Å². The number of methoxy groups -OCH3 is 2. The zero-order valence-electron chi connectivity index (χ0n) is 31.1. The lowest BCUT2D eigenvalue weighted by Gasteiger charge is -2.37. The smallest absolute Gasteiger partial charge is 0.256 e. The first-order valence-corrected chi connectivity index (χ1v) is 18.6. The highest BCUT2D eigenvalue weighted by atomic mass is 16.7. The predicted octanol–water partition coefficient (Wildman–Crippen LogP) is 6.27. The fraction of sp³-hybridized carbons (Fsp3) is 0.302. The highest BCUT2D eigenvalue weighted by Crippen LogP contribution is 2.43. The van der Waals surface area contributed by atoms with E-state index in [0.29, 0.717) is 41.3 Å². The van der Waals surface area contributed by atoms with Crippen LogP contribution < -0.4 is 14.8 Å². The van der Waals surface area contributed by atoms with Gasteiger partial charge in [0.15, 0.2) is 29.5 Å². The molecular formula is C43H43N5O8. The molecule has 0 bridgehead atoms. The van der Waals surface area contributed by atoms with E-state index in [2.05, 4.69) is 20.3 Å². The molecule has 13 nitrogen and oxygen atoms in total. The summed E-state index contributed by atoms with van der Waals surface area (Å²) in [7, 11) is 3.26. The summed E-state index contributed by atoms with van der Waals surface area (Å²) in [5.41, 5.74) is 2.60. The average Bonchev–Trinajstić information content (AvgIpc) is 3.83. The van der Waals surface area contributed by atoms with Crippen LogP contribution in [0.15, 0.2) is 122 Å². The summed E-state index contributed by atoms with van der Waals surface area (Å²) >= 11 is 0. The molecule has 0 aliphatic carbocycles. The second-order valence-electron chi connectivity index (χ2n) is 13.6. The van der Waals surface area contributed by atoms with Crippen molar-refractivity contribution < 1.29 is 38.3 Å². The minimum atomic E-state index is -1.15. The van der Waals surface area contributed by atoms with E-state index < -0.39 is 36.4 Å². The molecule has 6 aromatic rings. The first-order valence-electron chi connectivity index (χ1n) is 18.6. The van der Waals surface area contributed by atoms with Crippen LogP contribution in [0.2, 0.25) is 0 Å². The van der Waals surface area contributed by atoms with Crippen LogP contribution in [-0.2, 0) is 24.5 Å². The van der Waals surface area contributed by atoms with Gasteiger partial charge in [-0.1, -0.05) is 72.8 Å². The number of ether oxygens (including phenoxy) is 6. The number of hydrogen-bond donors (Lipinski definition) is 2. The number of carbonyl (C=O) groups excluding carboxylic acids is 1. The largest absolute Gasteiger partial charge is 0.497 e. The Morgan fingerprint density at radius 2 is 1.48 bits per heavy atom. The Balaban J connectivity index is 1.15. The van der Waals surface area contributed by atoms with Crippen molar-refractivity contribution in [2.24, 2.45) is 0 Å². The fourth-order valence-corrected chi connectivity index (χ4v) is 7.40. The van der Waals surface area contributed by atoms with Crippen molar-refractivity contribution in [3.8, 4) is 11.5 Å². The minimum absolute atomic E-state index is 0.0456. The monoisotopic (exact) mass is 757 g/mol. The van der Waals surface area contributed by atoms with Gasteiger partial charge >= 0.3 is 0 Å². The van der Waals surface area contributed by atoms with Gasteiger partial charge in [0.1, 0.15) is 41.7 Å². The number of nitrogens with zero attached hydrogens (tertiary/aromatic N) is 4. The van der Waals surface area contributed by atoms with Crippen LogP contribution in [0.1, 0.15) is 52.5 Å². The number of hydrogen-bond acceptors (Lipinski definition) is 11. The third-order valence-electron chi connectivity index (χ3n) is 10.3. The van der Waals surface area contributed by atoms with Gasteiger partial charge in [-0.3, -0.25) is 9.36 Å². The summed E-state index contributed by atoms with van der Waals surface area (Å²) in [6.45, 7) is 0.510. The van der Waals surface area contributed by atoms with Gasteiger partial charge in [0.2, 0.25) is 0 Å². The molecule has 0 radical (unpaired) electrons. The standard InChI is InChI=1S/C43H43N5O8/c1-51-32-20-16-30(17-21-32)43(29-13-7-4-8-14-29,31-18-22-33(52-2)23-19-31)54-25-34-37(49)38(56-35-15-9-10-24-53-35)42(55-34)48-27-46-36-39(44-26-45-40(36)48)47-41(50)28-11-5-3-6-12-28/h3-8,11-14,16-23,26-27,34-35,37-38,42,49H,9-10,15,24-25H2,1-2H3,(H,44,45,47,50). The van der Waals surface area contributed by atoms with Gasteiger partial charge in [0, 0.05) is 12.2 Å². The van der Waals surface area contributed by atoms with Crippen molar-refractivity contribution in [3.05, 3.63) is 144 Å². The van der Waals surface area contributed by atoms with E-state index in [4.69, 9.17) is 28.4 Å². The SMILES string of the molecule is COc1ccc(C(OCC2OC(n3cnc4c(NC(=O)c5ccccc5)ncnc43)C(OC3CCCCO3)C2O)(c2ccccc2)c2ccc(OC)cc2)cc1. The van der Waals surface area contributed by atoms with Gasteiger partial charge in [0.05, 0.1) is 27.2 Å².